The van der Waals surface area contributed by atoms with Gasteiger partial charge in [-0.05, 0) is 55.0 Å². The van der Waals surface area contributed by atoms with Crippen LogP contribution in [0.4, 0.5) is 18.9 Å². The number of phenols is 4. The number of nitrogens with zero attached hydrogens (tertiary/aromatic N) is 2. The minimum Gasteiger partial charge on any atom is -0.507 e. The highest BCUT2D eigenvalue weighted by Crippen LogP contribution is 2.47. The lowest BCUT2D eigenvalue weighted by Crippen LogP contribution is -2.44. The molecule has 7 nitrogen and oxygen atoms in total. The number of amidine groups is 1. The third-order valence-corrected chi connectivity index (χ3v) is 6.78. The van der Waals surface area contributed by atoms with Gasteiger partial charge in [-0.3, -0.25) is 4.99 Å². The second kappa shape index (κ2) is 9.47. The highest BCUT2D eigenvalue weighted by molar-refractivity contribution is 7.80. The quantitative estimate of drug-likeness (QED) is 0.147. The molecule has 1 aliphatic rings. The number of phenolic OH excluding ortho intramolecular Hbond substituents is 4. The number of nitrogens with one attached hydrogen (secondary N) is 1. The first-order chi connectivity index (χ1) is 17.2. The van der Waals surface area contributed by atoms with Crippen molar-refractivity contribution in [1.29, 1.82) is 0 Å². The van der Waals surface area contributed by atoms with Crippen LogP contribution in [0.15, 0.2) is 53.5 Å². The number of thiocarbonyl (C=S) groups is 1. The second-order valence-corrected chi connectivity index (χ2v) is 9.51. The Labute approximate surface area is 224 Å². The number of aromatic hydroxyl groups is 4. The summed E-state index contributed by atoms with van der Waals surface area (Å²) >= 11 is 17.8. The number of anilines is 1. The summed E-state index contributed by atoms with van der Waals surface area (Å²) in [6, 6.07) is 9.30. The van der Waals surface area contributed by atoms with Crippen LogP contribution in [0.1, 0.15) is 23.6 Å². The van der Waals surface area contributed by atoms with Gasteiger partial charge in [0.25, 0.3) is 0 Å². The van der Waals surface area contributed by atoms with Gasteiger partial charge in [-0.15, -0.1) is 0 Å². The molecule has 1 unspecified atom stereocenters. The van der Waals surface area contributed by atoms with Crippen LogP contribution in [0, 0.1) is 0 Å². The monoisotopic (exact) mass is 571 g/mol. The van der Waals surface area contributed by atoms with E-state index in [1.807, 2.05) is 0 Å². The van der Waals surface area contributed by atoms with Crippen LogP contribution in [-0.2, 0) is 18.3 Å². The molecule has 3 aromatic rings. The molecule has 1 aliphatic heterocycles. The van der Waals surface area contributed by atoms with Crippen molar-refractivity contribution >= 4 is 52.1 Å². The van der Waals surface area contributed by atoms with Crippen molar-refractivity contribution in [2.75, 3.05) is 4.90 Å². The Bertz CT molecular complexity index is 1410. The number of hydrogen-bond acceptors (Lipinski definition) is 6. The zero-order valence-electron chi connectivity index (χ0n) is 18.8. The molecular weight excluding hydrogens is 554 g/mol. The van der Waals surface area contributed by atoms with Gasteiger partial charge >= 0.3 is 6.18 Å². The molecule has 0 radical (unpaired) electrons. The van der Waals surface area contributed by atoms with Gasteiger partial charge < -0.3 is 30.6 Å². The summed E-state index contributed by atoms with van der Waals surface area (Å²) in [5.74, 6) is -1.70. The maximum Gasteiger partial charge on any atom is 0.416 e. The predicted molar refractivity (Wildman–Crippen MR) is 138 cm³/mol. The number of aliphatic imine (C=N–C) groups is 1. The van der Waals surface area contributed by atoms with E-state index in [0.717, 1.165) is 24.3 Å². The van der Waals surface area contributed by atoms with Crippen molar-refractivity contribution in [3.05, 3.63) is 75.3 Å². The van der Waals surface area contributed by atoms with Gasteiger partial charge in [-0.2, -0.15) is 13.2 Å². The lowest BCUT2D eigenvalue weighted by molar-refractivity contribution is -0.137. The Balaban J connectivity index is 1.85. The maximum atomic E-state index is 12.9. The van der Waals surface area contributed by atoms with Gasteiger partial charge in [-0.25, -0.2) is 0 Å². The summed E-state index contributed by atoms with van der Waals surface area (Å²) in [5.41, 5.74) is -1.43. The summed E-state index contributed by atoms with van der Waals surface area (Å²) in [5, 5.41) is 43.6. The molecule has 0 amide bonds. The van der Waals surface area contributed by atoms with Crippen molar-refractivity contribution in [3.63, 3.8) is 0 Å². The molecule has 13 heteroatoms. The van der Waals surface area contributed by atoms with E-state index in [4.69, 9.17) is 35.4 Å². The second-order valence-electron chi connectivity index (χ2n) is 8.31. The molecule has 194 valence electrons. The summed E-state index contributed by atoms with van der Waals surface area (Å²) < 4.78 is 38.7. The lowest BCUT2D eigenvalue weighted by Gasteiger charge is -2.36. The van der Waals surface area contributed by atoms with Gasteiger partial charge in [0, 0.05) is 17.3 Å². The molecule has 0 aliphatic carbocycles. The molecule has 0 bridgehead atoms. The Morgan fingerprint density at radius 3 is 2.08 bits per heavy atom. The summed E-state index contributed by atoms with van der Waals surface area (Å²) in [4.78, 5) is 6.00. The number of rotatable bonds is 4. The van der Waals surface area contributed by atoms with Crippen molar-refractivity contribution in [2.24, 2.45) is 4.99 Å². The topological polar surface area (TPSA) is 109 Å². The van der Waals surface area contributed by atoms with Crippen molar-refractivity contribution in [3.8, 4) is 23.0 Å². The molecule has 1 atom stereocenters. The normalized spacial score (nSPS) is 18.9. The fourth-order valence-corrected chi connectivity index (χ4v) is 4.87. The molecule has 0 spiro atoms. The first kappa shape index (κ1) is 26.6. The molecule has 1 fully saturated rings. The van der Waals surface area contributed by atoms with E-state index in [-0.39, 0.29) is 38.9 Å². The first-order valence-corrected chi connectivity index (χ1v) is 11.7. The van der Waals surface area contributed by atoms with Crippen LogP contribution in [0.2, 0.25) is 10.0 Å². The van der Waals surface area contributed by atoms with Gasteiger partial charge in [0.15, 0.2) is 22.4 Å². The summed E-state index contributed by atoms with van der Waals surface area (Å²) in [6.07, 6.45) is -4.48. The summed E-state index contributed by atoms with van der Waals surface area (Å²) in [7, 11) is 0. The minimum atomic E-state index is -4.48. The molecule has 1 saturated heterocycles. The van der Waals surface area contributed by atoms with Gasteiger partial charge in [-0.1, -0.05) is 35.3 Å². The van der Waals surface area contributed by atoms with Crippen molar-refractivity contribution in [2.45, 2.75) is 25.2 Å². The molecular formula is C24H18Cl2F3N3O4S. The van der Waals surface area contributed by atoms with E-state index >= 15 is 0 Å². The van der Waals surface area contributed by atoms with Crippen LogP contribution in [-0.4, -0.2) is 31.4 Å². The van der Waals surface area contributed by atoms with Crippen molar-refractivity contribution < 1.29 is 33.6 Å². The highest BCUT2D eigenvalue weighted by Gasteiger charge is 2.49. The smallest absolute Gasteiger partial charge is 0.416 e. The van der Waals surface area contributed by atoms with Crippen LogP contribution in [0.5, 0.6) is 23.0 Å². The minimum absolute atomic E-state index is 0.0611. The van der Waals surface area contributed by atoms with Crippen LogP contribution < -0.4 is 10.2 Å². The molecule has 5 N–H and O–H groups in total. The predicted octanol–water partition coefficient (Wildman–Crippen LogP) is 6.04. The molecule has 1 heterocycles. The number of alkyl halides is 3. The molecule has 37 heavy (non-hydrogen) atoms. The first-order valence-electron chi connectivity index (χ1n) is 10.5. The molecule has 4 rings (SSSR count). The van der Waals surface area contributed by atoms with Crippen LogP contribution >= 0.6 is 35.4 Å². The highest BCUT2D eigenvalue weighted by atomic mass is 35.5. The fraction of sp³-hybridized carbons (Fsp3) is 0.167. The Morgan fingerprint density at radius 1 is 0.946 bits per heavy atom. The lowest BCUT2D eigenvalue weighted by atomic mass is 9.88. The van der Waals surface area contributed by atoms with Crippen molar-refractivity contribution in [1.82, 2.24) is 5.32 Å². The standard InChI is InChI=1S/C24H18Cl2F3N3O4S/c1-23(14-8-18(34)19(35)9-17(14)33)21(30-10-11-2-4-12(5-3-11)24(27,28)29)31-22(37)32(23)13-6-15(25)20(36)16(26)7-13/h2-9,33-36H,10H2,1H3,(H,30,31,37). The SMILES string of the molecule is CC1(c2cc(O)c(O)cc2O)C(=NCc2ccc(C(F)(F)F)cc2)NC(=S)N1c1cc(Cl)c(O)c(Cl)c1. The van der Waals surface area contributed by atoms with Gasteiger partial charge in [0.2, 0.25) is 0 Å². The van der Waals surface area contributed by atoms with Crippen LogP contribution in [0.3, 0.4) is 0 Å². The zero-order chi connectivity index (χ0) is 27.3. The summed E-state index contributed by atoms with van der Waals surface area (Å²) in [6.45, 7) is 1.54. The van der Waals surface area contributed by atoms with Gasteiger partial charge in [0.1, 0.15) is 17.1 Å². The van der Waals surface area contributed by atoms with E-state index in [2.05, 4.69) is 10.3 Å². The third kappa shape index (κ3) is 4.81. The zero-order valence-corrected chi connectivity index (χ0v) is 21.1. The number of hydrogen-bond donors (Lipinski definition) is 5. The fourth-order valence-electron chi connectivity index (χ4n) is 4.01. The van der Waals surface area contributed by atoms with E-state index in [1.54, 1.807) is 6.92 Å². The Morgan fingerprint density at radius 2 is 1.51 bits per heavy atom. The van der Waals surface area contributed by atoms with E-state index in [9.17, 15) is 33.6 Å². The Kier molecular flexibility index (Phi) is 6.82. The third-order valence-electron chi connectivity index (χ3n) is 5.91. The average molecular weight is 572 g/mol. The largest absolute Gasteiger partial charge is 0.507 e. The number of halogens is 5. The number of benzene rings is 3. The van der Waals surface area contributed by atoms with Crippen LogP contribution in [0.25, 0.3) is 0 Å². The Hall–Kier alpha value is -3.41. The maximum absolute atomic E-state index is 12.9. The van der Waals surface area contributed by atoms with E-state index in [0.29, 0.717) is 11.3 Å². The van der Waals surface area contributed by atoms with E-state index in [1.165, 1.54) is 29.2 Å². The molecule has 3 aromatic carbocycles. The average Bonchev–Trinajstić information content (AvgIpc) is 3.07. The molecule has 0 aromatic heterocycles. The van der Waals surface area contributed by atoms with Gasteiger partial charge in [0.05, 0.1) is 22.2 Å². The molecule has 0 saturated carbocycles. The van der Waals surface area contributed by atoms with E-state index < -0.39 is 34.5 Å².